The highest BCUT2D eigenvalue weighted by atomic mass is 16.5. The molecule has 17 heavy (non-hydrogen) atoms. The number of unbranched alkanes of at least 4 members (excludes halogenated alkanes) is 1. The molecule has 1 unspecified atom stereocenters. The van der Waals surface area contributed by atoms with Crippen molar-refractivity contribution in [3.05, 3.63) is 0 Å². The van der Waals surface area contributed by atoms with Crippen LogP contribution in [-0.4, -0.2) is 42.3 Å². The molecule has 0 bridgehead atoms. The zero-order chi connectivity index (χ0) is 13.3. The first-order valence-electron chi connectivity index (χ1n) is 5.82. The van der Waals surface area contributed by atoms with E-state index in [-0.39, 0.29) is 31.8 Å². The minimum Gasteiger partial charge on any atom is -0.469 e. The Balaban J connectivity index is 4.80. The maximum absolute atomic E-state index is 11.8. The number of aliphatic hydroxyl groups is 2. The SMILES string of the molecule is COC(=O)C(CCO)(CCCCO)CC(C)=O. The molecule has 0 aliphatic heterocycles. The fraction of sp³-hybridized carbons (Fsp3) is 0.833. The highest BCUT2D eigenvalue weighted by Crippen LogP contribution is 2.34. The summed E-state index contributed by atoms with van der Waals surface area (Å²) in [6.45, 7) is 1.30. The van der Waals surface area contributed by atoms with Gasteiger partial charge in [-0.3, -0.25) is 9.59 Å². The molecule has 0 saturated heterocycles. The number of Topliss-reactive ketones (excluding diaryl/α,β-unsaturated/α-hetero) is 1. The van der Waals surface area contributed by atoms with E-state index in [0.717, 1.165) is 0 Å². The van der Waals surface area contributed by atoms with Crippen molar-refractivity contribution in [3.8, 4) is 0 Å². The molecule has 0 fully saturated rings. The number of aliphatic hydroxyl groups excluding tert-OH is 2. The predicted molar refractivity (Wildman–Crippen MR) is 62.4 cm³/mol. The summed E-state index contributed by atoms with van der Waals surface area (Å²) in [4.78, 5) is 23.1. The number of hydrogen-bond acceptors (Lipinski definition) is 5. The smallest absolute Gasteiger partial charge is 0.312 e. The minimum absolute atomic E-state index is 0.0520. The Hall–Kier alpha value is -0.940. The van der Waals surface area contributed by atoms with E-state index in [1.165, 1.54) is 14.0 Å². The molecule has 0 saturated carbocycles. The standard InChI is InChI=1S/C12H22O5/c1-10(15)9-12(6-8-14,11(16)17-2)5-3-4-7-13/h13-14H,3-9H2,1-2H3. The first-order valence-corrected chi connectivity index (χ1v) is 5.82. The van der Waals surface area contributed by atoms with Crippen LogP contribution in [-0.2, 0) is 14.3 Å². The number of rotatable bonds is 9. The quantitative estimate of drug-likeness (QED) is 0.461. The van der Waals surface area contributed by atoms with Crippen molar-refractivity contribution in [2.75, 3.05) is 20.3 Å². The van der Waals surface area contributed by atoms with E-state index in [0.29, 0.717) is 19.3 Å². The van der Waals surface area contributed by atoms with Crippen molar-refractivity contribution in [3.63, 3.8) is 0 Å². The molecule has 100 valence electrons. The van der Waals surface area contributed by atoms with Crippen LogP contribution in [0.3, 0.4) is 0 Å². The van der Waals surface area contributed by atoms with Crippen LogP contribution >= 0.6 is 0 Å². The van der Waals surface area contributed by atoms with E-state index in [1.807, 2.05) is 0 Å². The third kappa shape index (κ3) is 5.28. The molecule has 0 spiro atoms. The first-order chi connectivity index (χ1) is 8.02. The second-order valence-electron chi connectivity index (χ2n) is 4.31. The van der Waals surface area contributed by atoms with Crippen LogP contribution in [0.2, 0.25) is 0 Å². The summed E-state index contributed by atoms with van der Waals surface area (Å²) in [6, 6.07) is 0. The summed E-state index contributed by atoms with van der Waals surface area (Å²) < 4.78 is 4.74. The van der Waals surface area contributed by atoms with Crippen LogP contribution < -0.4 is 0 Å². The Morgan fingerprint density at radius 1 is 1.12 bits per heavy atom. The number of hydrogen-bond donors (Lipinski definition) is 2. The van der Waals surface area contributed by atoms with Gasteiger partial charge in [0, 0.05) is 19.6 Å². The summed E-state index contributed by atoms with van der Waals surface area (Å²) in [7, 11) is 1.28. The molecule has 0 aromatic rings. The van der Waals surface area contributed by atoms with Crippen LogP contribution in [0.15, 0.2) is 0 Å². The third-order valence-electron chi connectivity index (χ3n) is 2.86. The van der Waals surface area contributed by atoms with E-state index in [2.05, 4.69) is 0 Å². The Kier molecular flexibility index (Phi) is 7.74. The molecular weight excluding hydrogens is 224 g/mol. The molecule has 0 heterocycles. The van der Waals surface area contributed by atoms with Gasteiger partial charge in [-0.25, -0.2) is 0 Å². The topological polar surface area (TPSA) is 83.8 Å². The molecule has 0 aromatic carbocycles. The van der Waals surface area contributed by atoms with E-state index in [4.69, 9.17) is 14.9 Å². The molecule has 0 rings (SSSR count). The van der Waals surface area contributed by atoms with Gasteiger partial charge in [-0.1, -0.05) is 6.42 Å². The molecule has 0 aliphatic rings. The summed E-state index contributed by atoms with van der Waals surface area (Å²) in [6.07, 6.45) is 1.93. The average Bonchev–Trinajstić information content (AvgIpc) is 2.27. The number of carbonyl (C=O) groups is 2. The van der Waals surface area contributed by atoms with Gasteiger partial charge in [0.25, 0.3) is 0 Å². The lowest BCUT2D eigenvalue weighted by Gasteiger charge is -2.29. The van der Waals surface area contributed by atoms with Crippen molar-refractivity contribution in [2.45, 2.75) is 39.0 Å². The van der Waals surface area contributed by atoms with Crippen molar-refractivity contribution in [1.82, 2.24) is 0 Å². The van der Waals surface area contributed by atoms with Gasteiger partial charge >= 0.3 is 5.97 Å². The van der Waals surface area contributed by atoms with Crippen LogP contribution in [0.5, 0.6) is 0 Å². The van der Waals surface area contributed by atoms with Gasteiger partial charge < -0.3 is 14.9 Å². The van der Waals surface area contributed by atoms with E-state index in [1.54, 1.807) is 0 Å². The zero-order valence-electron chi connectivity index (χ0n) is 10.6. The van der Waals surface area contributed by atoms with Crippen molar-refractivity contribution in [2.24, 2.45) is 5.41 Å². The van der Waals surface area contributed by atoms with Gasteiger partial charge in [0.15, 0.2) is 0 Å². The lowest BCUT2D eigenvalue weighted by molar-refractivity contribution is -0.156. The molecule has 5 nitrogen and oxygen atoms in total. The first kappa shape index (κ1) is 16.1. The average molecular weight is 246 g/mol. The largest absolute Gasteiger partial charge is 0.469 e. The number of ether oxygens (including phenoxy) is 1. The zero-order valence-corrected chi connectivity index (χ0v) is 10.6. The van der Waals surface area contributed by atoms with Gasteiger partial charge in [0.1, 0.15) is 5.78 Å². The summed E-state index contributed by atoms with van der Waals surface area (Å²) in [5, 5.41) is 17.8. The van der Waals surface area contributed by atoms with Crippen molar-refractivity contribution >= 4 is 11.8 Å². The summed E-state index contributed by atoms with van der Waals surface area (Å²) in [5.74, 6) is -0.562. The molecule has 0 aromatic heterocycles. The number of ketones is 1. The fourth-order valence-electron chi connectivity index (χ4n) is 2.06. The number of carbonyl (C=O) groups excluding carboxylic acids is 2. The summed E-state index contributed by atoms with van der Waals surface area (Å²) in [5.41, 5.74) is -0.940. The Morgan fingerprint density at radius 2 is 1.76 bits per heavy atom. The van der Waals surface area contributed by atoms with Crippen molar-refractivity contribution in [1.29, 1.82) is 0 Å². The highest BCUT2D eigenvalue weighted by Gasteiger charge is 2.39. The van der Waals surface area contributed by atoms with Gasteiger partial charge in [-0.05, 0) is 26.2 Å². The molecule has 1 atom stereocenters. The van der Waals surface area contributed by atoms with Gasteiger partial charge in [0.2, 0.25) is 0 Å². The Labute approximate surface area is 102 Å². The van der Waals surface area contributed by atoms with Crippen molar-refractivity contribution < 1.29 is 24.5 Å². The summed E-state index contributed by atoms with van der Waals surface area (Å²) >= 11 is 0. The Morgan fingerprint density at radius 3 is 2.18 bits per heavy atom. The lowest BCUT2D eigenvalue weighted by Crippen LogP contribution is -2.35. The Bertz CT molecular complexity index is 251. The maximum atomic E-state index is 11.8. The second-order valence-corrected chi connectivity index (χ2v) is 4.31. The van der Waals surface area contributed by atoms with E-state index >= 15 is 0 Å². The predicted octanol–water partition coefficient (Wildman–Crippen LogP) is 0.670. The van der Waals surface area contributed by atoms with E-state index < -0.39 is 11.4 Å². The molecule has 5 heteroatoms. The molecule has 0 amide bonds. The molecule has 0 aliphatic carbocycles. The third-order valence-corrected chi connectivity index (χ3v) is 2.86. The number of methoxy groups -OCH3 is 1. The minimum atomic E-state index is -0.940. The highest BCUT2D eigenvalue weighted by molar-refractivity contribution is 5.85. The lowest BCUT2D eigenvalue weighted by atomic mass is 9.76. The van der Waals surface area contributed by atoms with Gasteiger partial charge in [-0.15, -0.1) is 0 Å². The van der Waals surface area contributed by atoms with E-state index in [9.17, 15) is 9.59 Å². The second kappa shape index (κ2) is 8.20. The van der Waals surface area contributed by atoms with Crippen LogP contribution in [0.1, 0.15) is 39.0 Å². The monoisotopic (exact) mass is 246 g/mol. The van der Waals surface area contributed by atoms with Gasteiger partial charge in [-0.2, -0.15) is 0 Å². The number of esters is 1. The van der Waals surface area contributed by atoms with Gasteiger partial charge in [0.05, 0.1) is 12.5 Å². The maximum Gasteiger partial charge on any atom is 0.312 e. The van der Waals surface area contributed by atoms with Crippen LogP contribution in [0.4, 0.5) is 0 Å². The fourth-order valence-corrected chi connectivity index (χ4v) is 2.06. The normalized spacial score (nSPS) is 14.1. The molecule has 0 radical (unpaired) electrons. The van der Waals surface area contributed by atoms with Crippen LogP contribution in [0, 0.1) is 5.41 Å². The van der Waals surface area contributed by atoms with Crippen LogP contribution in [0.25, 0.3) is 0 Å². The molecule has 2 N–H and O–H groups in total. The molecular formula is C12H22O5.